The van der Waals surface area contributed by atoms with E-state index in [2.05, 4.69) is 10.6 Å². The highest BCUT2D eigenvalue weighted by molar-refractivity contribution is 5.86. The predicted molar refractivity (Wildman–Crippen MR) is 77.2 cm³/mol. The molecule has 0 radical (unpaired) electrons. The Balaban J connectivity index is 2.55. The first-order valence-corrected chi connectivity index (χ1v) is 7.36. The fourth-order valence-electron chi connectivity index (χ4n) is 2.83. The van der Waals surface area contributed by atoms with Crippen LogP contribution in [-0.4, -0.2) is 73.2 Å². The Bertz CT molecular complexity index is 358. The highest BCUT2D eigenvalue weighted by Crippen LogP contribution is 2.22. The Labute approximate surface area is 121 Å². The summed E-state index contributed by atoms with van der Waals surface area (Å²) in [5.41, 5.74) is 0. The lowest BCUT2D eigenvalue weighted by Crippen LogP contribution is -2.55. The van der Waals surface area contributed by atoms with Crippen molar-refractivity contribution in [3.05, 3.63) is 0 Å². The lowest BCUT2D eigenvalue weighted by Gasteiger charge is -2.30. The second-order valence-electron chi connectivity index (χ2n) is 6.04. The van der Waals surface area contributed by atoms with Crippen molar-refractivity contribution in [2.75, 3.05) is 33.7 Å². The molecule has 1 rings (SSSR count). The van der Waals surface area contributed by atoms with Crippen LogP contribution < -0.4 is 10.6 Å². The van der Waals surface area contributed by atoms with E-state index in [4.69, 9.17) is 0 Å². The zero-order valence-corrected chi connectivity index (χ0v) is 13.0. The molecule has 116 valence electrons. The molecule has 1 unspecified atom stereocenters. The predicted octanol–water partition coefficient (Wildman–Crippen LogP) is -0.731. The maximum Gasteiger partial charge on any atom is 0.278 e. The Morgan fingerprint density at radius 2 is 2.00 bits per heavy atom. The van der Waals surface area contributed by atoms with Gasteiger partial charge in [-0.2, -0.15) is 0 Å². The second-order valence-corrected chi connectivity index (χ2v) is 6.04. The van der Waals surface area contributed by atoms with Gasteiger partial charge < -0.3 is 20.2 Å². The molecule has 1 amide bonds. The highest BCUT2D eigenvalue weighted by atomic mass is 16.3. The second kappa shape index (κ2) is 7.15. The molecule has 0 aromatic carbocycles. The number of carbonyl (C=O) groups is 2. The summed E-state index contributed by atoms with van der Waals surface area (Å²) in [6.45, 7) is 5.34. The maximum absolute atomic E-state index is 12.2. The summed E-state index contributed by atoms with van der Waals surface area (Å²) in [6.07, 6.45) is 0.506. The lowest BCUT2D eigenvalue weighted by molar-refractivity contribution is -0.894. The number of aliphatic hydroxyl groups is 1. The number of likely N-dealkylation sites (tertiary alicyclic amines) is 1. The van der Waals surface area contributed by atoms with Crippen LogP contribution in [0.15, 0.2) is 0 Å². The van der Waals surface area contributed by atoms with Crippen molar-refractivity contribution >= 4 is 11.7 Å². The van der Waals surface area contributed by atoms with Crippen molar-refractivity contribution < 1.29 is 19.2 Å². The number of nitrogens with one attached hydrogen (secondary N) is 2. The molecule has 0 bridgehead atoms. The topological polar surface area (TPSA) is 78.4 Å². The van der Waals surface area contributed by atoms with Gasteiger partial charge in [0, 0.05) is 19.4 Å². The fourth-order valence-corrected chi connectivity index (χ4v) is 2.83. The van der Waals surface area contributed by atoms with Crippen molar-refractivity contribution in [1.82, 2.24) is 10.6 Å². The molecule has 6 heteroatoms. The highest BCUT2D eigenvalue weighted by Gasteiger charge is 2.44. The van der Waals surface area contributed by atoms with Crippen molar-refractivity contribution in [2.24, 2.45) is 0 Å². The monoisotopic (exact) mass is 286 g/mol. The minimum Gasteiger partial charge on any atom is -0.387 e. The molecular weight excluding hydrogens is 258 g/mol. The molecule has 1 aliphatic rings. The van der Waals surface area contributed by atoms with Crippen LogP contribution in [0.5, 0.6) is 0 Å². The first-order valence-electron chi connectivity index (χ1n) is 7.36. The molecule has 0 aromatic rings. The SMILES string of the molecule is CCN[C@@H](CNC(=O)C1C[C@@H](O)C[N+]1(C)C)C(=O)CC. The van der Waals surface area contributed by atoms with E-state index in [9.17, 15) is 14.7 Å². The molecule has 0 spiro atoms. The number of amides is 1. The summed E-state index contributed by atoms with van der Waals surface area (Å²) in [7, 11) is 3.89. The number of rotatable bonds is 7. The lowest BCUT2D eigenvalue weighted by atomic mass is 10.1. The minimum absolute atomic E-state index is 0.0849. The summed E-state index contributed by atoms with van der Waals surface area (Å²) in [5, 5.41) is 15.7. The normalized spacial score (nSPS) is 26.2. The van der Waals surface area contributed by atoms with Gasteiger partial charge in [0.2, 0.25) is 0 Å². The van der Waals surface area contributed by atoms with Crippen LogP contribution >= 0.6 is 0 Å². The smallest absolute Gasteiger partial charge is 0.278 e. The van der Waals surface area contributed by atoms with Gasteiger partial charge in [-0.3, -0.25) is 9.59 Å². The third kappa shape index (κ3) is 4.26. The van der Waals surface area contributed by atoms with Crippen LogP contribution in [0.4, 0.5) is 0 Å². The third-order valence-corrected chi connectivity index (χ3v) is 3.99. The Hall–Kier alpha value is -0.980. The number of hydrogen-bond acceptors (Lipinski definition) is 4. The molecular formula is C14H28N3O3+. The maximum atomic E-state index is 12.2. The number of likely N-dealkylation sites (N-methyl/N-ethyl adjacent to an activating group) is 2. The molecule has 3 atom stereocenters. The Morgan fingerprint density at radius 1 is 1.35 bits per heavy atom. The molecule has 0 aliphatic carbocycles. The Kier molecular flexibility index (Phi) is 6.10. The molecule has 0 saturated carbocycles. The molecule has 1 heterocycles. The molecule has 1 fully saturated rings. The van der Waals surface area contributed by atoms with Gasteiger partial charge in [0.15, 0.2) is 11.8 Å². The first kappa shape index (κ1) is 17.1. The zero-order valence-electron chi connectivity index (χ0n) is 13.0. The van der Waals surface area contributed by atoms with Crippen LogP contribution in [0, 0.1) is 0 Å². The van der Waals surface area contributed by atoms with E-state index in [0.29, 0.717) is 37.0 Å². The van der Waals surface area contributed by atoms with E-state index in [1.165, 1.54) is 0 Å². The average molecular weight is 286 g/mol. The largest absolute Gasteiger partial charge is 0.387 e. The van der Waals surface area contributed by atoms with Crippen molar-refractivity contribution in [3.8, 4) is 0 Å². The molecule has 6 nitrogen and oxygen atoms in total. The van der Waals surface area contributed by atoms with E-state index in [0.717, 1.165) is 0 Å². The van der Waals surface area contributed by atoms with Crippen molar-refractivity contribution in [2.45, 2.75) is 44.9 Å². The summed E-state index contributed by atoms with van der Waals surface area (Å²) in [6, 6.07) is -0.570. The summed E-state index contributed by atoms with van der Waals surface area (Å²) < 4.78 is 0.487. The third-order valence-electron chi connectivity index (χ3n) is 3.99. The van der Waals surface area contributed by atoms with Gasteiger partial charge in [0.1, 0.15) is 12.6 Å². The van der Waals surface area contributed by atoms with Crippen LogP contribution in [-0.2, 0) is 9.59 Å². The summed E-state index contributed by atoms with van der Waals surface area (Å²) in [5.74, 6) is 0.0192. The Morgan fingerprint density at radius 3 is 2.45 bits per heavy atom. The molecule has 0 aromatic heterocycles. The minimum atomic E-state index is -0.428. The average Bonchev–Trinajstić information content (AvgIpc) is 2.66. The number of Topliss-reactive ketones (excluding diaryl/α,β-unsaturated/α-hetero) is 1. The van der Waals surface area contributed by atoms with Crippen LogP contribution in [0.25, 0.3) is 0 Å². The number of aliphatic hydroxyl groups excluding tert-OH is 1. The van der Waals surface area contributed by atoms with Crippen molar-refractivity contribution in [3.63, 3.8) is 0 Å². The fraction of sp³-hybridized carbons (Fsp3) is 0.857. The van der Waals surface area contributed by atoms with Gasteiger partial charge in [-0.25, -0.2) is 0 Å². The van der Waals surface area contributed by atoms with Gasteiger partial charge in [0.25, 0.3) is 5.91 Å². The number of nitrogens with zero attached hydrogens (tertiary/aromatic N) is 1. The molecule has 1 saturated heterocycles. The van der Waals surface area contributed by atoms with E-state index in [1.54, 1.807) is 0 Å². The van der Waals surface area contributed by atoms with Gasteiger partial charge in [-0.1, -0.05) is 13.8 Å². The summed E-state index contributed by atoms with van der Waals surface area (Å²) in [4.78, 5) is 24.0. The number of hydrogen-bond donors (Lipinski definition) is 3. The molecule has 20 heavy (non-hydrogen) atoms. The zero-order chi connectivity index (χ0) is 15.3. The molecule has 3 N–H and O–H groups in total. The number of carbonyl (C=O) groups excluding carboxylic acids is 2. The van der Waals surface area contributed by atoms with Crippen LogP contribution in [0.3, 0.4) is 0 Å². The van der Waals surface area contributed by atoms with Gasteiger partial charge in [-0.15, -0.1) is 0 Å². The molecule has 1 aliphatic heterocycles. The van der Waals surface area contributed by atoms with Crippen LogP contribution in [0.1, 0.15) is 26.7 Å². The van der Waals surface area contributed by atoms with E-state index in [-0.39, 0.29) is 23.8 Å². The number of quaternary nitrogens is 1. The van der Waals surface area contributed by atoms with Gasteiger partial charge in [-0.05, 0) is 6.54 Å². The number of ketones is 1. The van der Waals surface area contributed by atoms with E-state index in [1.807, 2.05) is 27.9 Å². The van der Waals surface area contributed by atoms with E-state index >= 15 is 0 Å². The summed E-state index contributed by atoms with van der Waals surface area (Å²) >= 11 is 0. The van der Waals surface area contributed by atoms with Gasteiger partial charge >= 0.3 is 0 Å². The first-order chi connectivity index (χ1) is 9.31. The quantitative estimate of drug-likeness (QED) is 0.539. The van der Waals surface area contributed by atoms with Gasteiger partial charge in [0.05, 0.1) is 20.1 Å². The standard InChI is InChI=1S/C14H27N3O3/c1-5-13(19)11(15-6-2)8-16-14(20)12-7-10(18)9-17(12,3)4/h10-12,15,18H,5-9H2,1-4H3/p+1/t10-,11+,12?/m1/s1. The van der Waals surface area contributed by atoms with Crippen LogP contribution in [0.2, 0.25) is 0 Å². The van der Waals surface area contributed by atoms with E-state index < -0.39 is 6.10 Å². The van der Waals surface area contributed by atoms with Crippen molar-refractivity contribution in [1.29, 1.82) is 0 Å².